The molecule has 0 aliphatic heterocycles. The molecule has 114 valence electrons. The molecule has 1 heterocycles. The summed E-state index contributed by atoms with van der Waals surface area (Å²) >= 11 is 0. The van der Waals surface area contributed by atoms with E-state index in [1.54, 1.807) is 44.3 Å². The lowest BCUT2D eigenvalue weighted by Gasteiger charge is -2.11. The highest BCUT2D eigenvalue weighted by atomic mass is 32.2. The van der Waals surface area contributed by atoms with Gasteiger partial charge in [0.05, 0.1) is 24.6 Å². The minimum absolute atomic E-state index is 0.0637. The average molecular weight is 310 g/mol. The molecule has 0 saturated carbocycles. The number of nitrogens with zero attached hydrogens (tertiary/aromatic N) is 1. The van der Waals surface area contributed by atoms with Crippen LogP contribution in [0.3, 0.4) is 0 Å². The predicted molar refractivity (Wildman–Crippen MR) is 77.8 cm³/mol. The van der Waals surface area contributed by atoms with Crippen LogP contribution < -0.4 is 4.72 Å². The second kappa shape index (κ2) is 6.38. The fourth-order valence-corrected chi connectivity index (χ4v) is 3.25. The minimum Gasteiger partial charge on any atom is -0.444 e. The molecule has 2 rings (SSSR count). The molecular formula is C14H18N2O4S. The van der Waals surface area contributed by atoms with Gasteiger partial charge in [0.2, 0.25) is 15.9 Å². The largest absolute Gasteiger partial charge is 0.444 e. The van der Waals surface area contributed by atoms with Gasteiger partial charge in [-0.15, -0.1) is 0 Å². The van der Waals surface area contributed by atoms with Gasteiger partial charge in [-0.3, -0.25) is 0 Å². The molecule has 2 N–H and O–H groups in total. The van der Waals surface area contributed by atoms with E-state index in [9.17, 15) is 8.42 Å². The molecule has 0 amide bonds. The van der Waals surface area contributed by atoms with Crippen LogP contribution in [-0.4, -0.2) is 18.5 Å². The molecule has 1 aromatic heterocycles. The standard InChI is InChI=1S/C14H18N2O4S/c1-10-7-15-14(20-10)11(2)16-21(18,19)9-13-5-3-12(8-17)4-6-13/h3-7,11,16-17H,8-9H2,1-2H3. The molecule has 0 fully saturated rings. The van der Waals surface area contributed by atoms with E-state index in [2.05, 4.69) is 9.71 Å². The van der Waals surface area contributed by atoms with Gasteiger partial charge in [0.25, 0.3) is 0 Å². The highest BCUT2D eigenvalue weighted by Crippen LogP contribution is 2.15. The topological polar surface area (TPSA) is 92.4 Å². The van der Waals surface area contributed by atoms with E-state index in [0.29, 0.717) is 17.2 Å². The van der Waals surface area contributed by atoms with E-state index in [1.165, 1.54) is 0 Å². The van der Waals surface area contributed by atoms with Crippen molar-refractivity contribution in [2.45, 2.75) is 32.2 Å². The second-order valence-electron chi connectivity index (χ2n) is 4.88. The van der Waals surface area contributed by atoms with Crippen molar-refractivity contribution in [3.05, 3.63) is 53.2 Å². The van der Waals surface area contributed by atoms with Crippen LogP contribution in [0.1, 0.15) is 35.7 Å². The van der Waals surface area contributed by atoms with Crippen molar-refractivity contribution >= 4 is 10.0 Å². The van der Waals surface area contributed by atoms with E-state index < -0.39 is 16.1 Å². The number of aliphatic hydroxyl groups excluding tert-OH is 1. The number of aryl methyl sites for hydroxylation is 1. The SMILES string of the molecule is Cc1cnc(C(C)NS(=O)(=O)Cc2ccc(CO)cc2)o1. The van der Waals surface area contributed by atoms with Gasteiger partial charge in [-0.05, 0) is 25.0 Å². The number of sulfonamides is 1. The maximum absolute atomic E-state index is 12.1. The Labute approximate surface area is 123 Å². The lowest BCUT2D eigenvalue weighted by Crippen LogP contribution is -2.28. The Balaban J connectivity index is 2.04. The third kappa shape index (κ3) is 4.38. The molecule has 21 heavy (non-hydrogen) atoms. The fourth-order valence-electron chi connectivity index (χ4n) is 1.89. The summed E-state index contributed by atoms with van der Waals surface area (Å²) in [5, 5.41) is 8.96. The molecule has 1 atom stereocenters. The second-order valence-corrected chi connectivity index (χ2v) is 6.64. The molecular weight excluding hydrogens is 292 g/mol. The third-order valence-electron chi connectivity index (χ3n) is 2.93. The number of hydrogen-bond acceptors (Lipinski definition) is 5. The maximum atomic E-state index is 12.1. The zero-order valence-corrected chi connectivity index (χ0v) is 12.7. The van der Waals surface area contributed by atoms with Gasteiger partial charge in [-0.25, -0.2) is 18.1 Å². The summed E-state index contributed by atoms with van der Waals surface area (Å²) in [6.07, 6.45) is 1.55. The van der Waals surface area contributed by atoms with Crippen molar-refractivity contribution < 1.29 is 17.9 Å². The Morgan fingerprint density at radius 3 is 2.43 bits per heavy atom. The Morgan fingerprint density at radius 2 is 1.90 bits per heavy atom. The van der Waals surface area contributed by atoms with Crippen molar-refractivity contribution in [1.82, 2.24) is 9.71 Å². The van der Waals surface area contributed by atoms with Crippen molar-refractivity contribution in [2.24, 2.45) is 0 Å². The van der Waals surface area contributed by atoms with Gasteiger partial charge < -0.3 is 9.52 Å². The molecule has 7 heteroatoms. The highest BCUT2D eigenvalue weighted by molar-refractivity contribution is 7.88. The molecule has 0 aliphatic carbocycles. The monoisotopic (exact) mass is 310 g/mol. The average Bonchev–Trinajstić information content (AvgIpc) is 2.85. The summed E-state index contributed by atoms with van der Waals surface area (Å²) in [6, 6.07) is 6.24. The summed E-state index contributed by atoms with van der Waals surface area (Å²) in [5.41, 5.74) is 1.39. The molecule has 0 aliphatic rings. The first-order valence-corrected chi connectivity index (χ1v) is 8.16. The zero-order chi connectivity index (χ0) is 15.5. The number of oxazole rings is 1. The van der Waals surface area contributed by atoms with Crippen molar-refractivity contribution in [3.63, 3.8) is 0 Å². The Bertz CT molecular complexity index is 692. The molecule has 0 saturated heterocycles. The van der Waals surface area contributed by atoms with Gasteiger partial charge in [0.15, 0.2) is 0 Å². The summed E-state index contributed by atoms with van der Waals surface area (Å²) in [6.45, 7) is 3.37. The van der Waals surface area contributed by atoms with Gasteiger partial charge in [0, 0.05) is 0 Å². The van der Waals surface area contributed by atoms with Crippen molar-refractivity contribution in [3.8, 4) is 0 Å². The van der Waals surface area contributed by atoms with Gasteiger partial charge in [-0.1, -0.05) is 24.3 Å². The predicted octanol–water partition coefficient (Wildman–Crippen LogP) is 1.66. The van der Waals surface area contributed by atoms with Crippen LogP contribution in [0.25, 0.3) is 0 Å². The summed E-state index contributed by atoms with van der Waals surface area (Å²) < 4.78 is 32.1. The summed E-state index contributed by atoms with van der Waals surface area (Å²) in [5.74, 6) is 0.838. The highest BCUT2D eigenvalue weighted by Gasteiger charge is 2.19. The molecule has 0 spiro atoms. The van der Waals surface area contributed by atoms with Crippen LogP contribution in [0.4, 0.5) is 0 Å². The van der Waals surface area contributed by atoms with Gasteiger partial charge in [-0.2, -0.15) is 0 Å². The third-order valence-corrected chi connectivity index (χ3v) is 4.35. The lowest BCUT2D eigenvalue weighted by atomic mass is 10.2. The Kier molecular flexibility index (Phi) is 4.76. The summed E-state index contributed by atoms with van der Waals surface area (Å²) in [7, 11) is -3.50. The van der Waals surface area contributed by atoms with Crippen LogP contribution in [0.2, 0.25) is 0 Å². The van der Waals surface area contributed by atoms with Crippen LogP contribution in [-0.2, 0) is 22.4 Å². The molecule has 2 aromatic rings. The van der Waals surface area contributed by atoms with Crippen molar-refractivity contribution in [2.75, 3.05) is 0 Å². The van der Waals surface area contributed by atoms with E-state index in [0.717, 1.165) is 5.56 Å². The van der Waals surface area contributed by atoms with E-state index >= 15 is 0 Å². The molecule has 0 bridgehead atoms. The van der Waals surface area contributed by atoms with E-state index in [1.807, 2.05) is 0 Å². The number of hydrogen-bond donors (Lipinski definition) is 2. The molecule has 1 unspecified atom stereocenters. The lowest BCUT2D eigenvalue weighted by molar-refractivity contribution is 0.282. The van der Waals surface area contributed by atoms with Crippen LogP contribution in [0, 0.1) is 6.92 Å². The normalized spacial score (nSPS) is 13.3. The number of rotatable bonds is 6. The van der Waals surface area contributed by atoms with Gasteiger partial charge >= 0.3 is 0 Å². The first-order chi connectivity index (χ1) is 9.89. The number of nitrogens with one attached hydrogen (secondary N) is 1. The number of benzene rings is 1. The van der Waals surface area contributed by atoms with Crippen LogP contribution >= 0.6 is 0 Å². The quantitative estimate of drug-likeness (QED) is 0.846. The van der Waals surface area contributed by atoms with Crippen molar-refractivity contribution in [1.29, 1.82) is 0 Å². The first kappa shape index (κ1) is 15.7. The fraction of sp³-hybridized carbons (Fsp3) is 0.357. The maximum Gasteiger partial charge on any atom is 0.216 e. The van der Waals surface area contributed by atoms with E-state index in [4.69, 9.17) is 9.52 Å². The van der Waals surface area contributed by atoms with Crippen LogP contribution in [0.5, 0.6) is 0 Å². The smallest absolute Gasteiger partial charge is 0.216 e. The van der Waals surface area contributed by atoms with Crippen LogP contribution in [0.15, 0.2) is 34.9 Å². The molecule has 6 nitrogen and oxygen atoms in total. The molecule has 1 aromatic carbocycles. The van der Waals surface area contributed by atoms with E-state index in [-0.39, 0.29) is 12.4 Å². The zero-order valence-electron chi connectivity index (χ0n) is 11.9. The Hall–Kier alpha value is -1.70. The summed E-state index contributed by atoms with van der Waals surface area (Å²) in [4.78, 5) is 4.01. The first-order valence-electron chi connectivity index (χ1n) is 6.50. The van der Waals surface area contributed by atoms with Gasteiger partial charge in [0.1, 0.15) is 5.76 Å². The molecule has 0 radical (unpaired) electrons. The number of aromatic nitrogens is 1. The number of aliphatic hydroxyl groups is 1. The minimum atomic E-state index is -3.50. The Morgan fingerprint density at radius 1 is 1.29 bits per heavy atom.